The molecule has 2 aliphatic rings. The van der Waals surface area contributed by atoms with Gasteiger partial charge in [0.2, 0.25) is 0 Å². The van der Waals surface area contributed by atoms with E-state index < -0.39 is 0 Å². The van der Waals surface area contributed by atoms with Crippen LogP contribution < -0.4 is 24.8 Å². The number of allylic oxidation sites excluding steroid dienone is 7. The van der Waals surface area contributed by atoms with Crippen LogP contribution in [0.1, 0.15) is 66.7 Å². The minimum Gasteiger partial charge on any atom is -1.00 e. The average molecular weight is 434 g/mol. The molecule has 1 atom stereocenters. The van der Waals surface area contributed by atoms with Crippen molar-refractivity contribution in [3.63, 3.8) is 0 Å². The van der Waals surface area contributed by atoms with E-state index in [-0.39, 0.29) is 35.0 Å². The zero-order valence-electron chi connectivity index (χ0n) is 16.2. The summed E-state index contributed by atoms with van der Waals surface area (Å²) >= 11 is 4.52. The van der Waals surface area contributed by atoms with Crippen molar-refractivity contribution in [1.82, 2.24) is 0 Å². The normalized spacial score (nSPS) is 23.0. The molecule has 139 valence electrons. The topological polar surface area (TPSA) is 0 Å². The van der Waals surface area contributed by atoms with E-state index in [1.807, 2.05) is 0 Å². The smallest absolute Gasteiger partial charge is 1.00 e. The van der Waals surface area contributed by atoms with Crippen LogP contribution in [0.4, 0.5) is 0 Å². The van der Waals surface area contributed by atoms with E-state index in [2.05, 4.69) is 91.1 Å². The number of halogens is 2. The number of unbranched alkanes of at least 4 members (excludes halogenated alkanes) is 1. The second kappa shape index (κ2) is 10.8. The fourth-order valence-electron chi connectivity index (χ4n) is 3.54. The summed E-state index contributed by atoms with van der Waals surface area (Å²) in [4.78, 5) is 0. The standard InChI is InChI=1S/C21H31S.2ClH.Ti/c1-6-7-14-22-21(16-18-10-8-9-11-18)13-12-17(2)15-19(21)20(3,4)5;;;/h8,10,12,15H,6-7,9,13-14,16H2,1-5H3;2*1H;/q;;;+2/p-2. The first-order valence-electron chi connectivity index (χ1n) is 8.92. The van der Waals surface area contributed by atoms with Crippen LogP contribution in [0.25, 0.3) is 0 Å². The molecule has 0 fully saturated rings. The summed E-state index contributed by atoms with van der Waals surface area (Å²) in [7, 11) is 0. The van der Waals surface area contributed by atoms with Crippen LogP contribution in [0.2, 0.25) is 0 Å². The van der Waals surface area contributed by atoms with E-state index >= 15 is 0 Å². The maximum absolute atomic E-state index is 2.48. The molecule has 0 aliphatic heterocycles. The van der Waals surface area contributed by atoms with E-state index in [1.165, 1.54) is 37.0 Å². The Labute approximate surface area is 183 Å². The molecule has 0 heterocycles. The van der Waals surface area contributed by atoms with Crippen molar-refractivity contribution in [2.24, 2.45) is 5.41 Å². The number of thioether (sulfide) groups is 1. The molecule has 0 aromatic carbocycles. The van der Waals surface area contributed by atoms with Gasteiger partial charge in [0.05, 0.1) is 0 Å². The van der Waals surface area contributed by atoms with Crippen LogP contribution in [0, 0.1) is 5.41 Å². The Morgan fingerprint density at radius 1 is 1.24 bits per heavy atom. The van der Waals surface area contributed by atoms with Gasteiger partial charge in [-0.25, -0.2) is 0 Å². The van der Waals surface area contributed by atoms with Gasteiger partial charge in [0.1, 0.15) is 0 Å². The molecule has 0 spiro atoms. The molecule has 0 N–H and O–H groups in total. The Bertz CT molecular complexity index is 567. The first-order chi connectivity index (χ1) is 10.8. The summed E-state index contributed by atoms with van der Waals surface area (Å²) in [5.41, 5.74) is 4.89. The zero-order valence-corrected chi connectivity index (χ0v) is 20.1. The van der Waals surface area contributed by atoms with Gasteiger partial charge in [-0.1, -0.05) is 0 Å². The van der Waals surface area contributed by atoms with Crippen molar-refractivity contribution < 1.29 is 45.2 Å². The Morgan fingerprint density at radius 3 is 2.44 bits per heavy atom. The van der Waals surface area contributed by atoms with E-state index in [4.69, 9.17) is 0 Å². The third-order valence-electron chi connectivity index (χ3n) is 4.81. The maximum Gasteiger partial charge on any atom is -1.00 e. The summed E-state index contributed by atoms with van der Waals surface area (Å²) in [6, 6.07) is 0. The van der Waals surface area contributed by atoms with Gasteiger partial charge >= 0.3 is 160 Å². The van der Waals surface area contributed by atoms with Crippen LogP contribution in [-0.2, 0) is 20.4 Å². The van der Waals surface area contributed by atoms with Gasteiger partial charge in [-0.2, -0.15) is 0 Å². The molecule has 0 aromatic heterocycles. The molecule has 4 heteroatoms. The average Bonchev–Trinajstić information content (AvgIpc) is 2.86. The van der Waals surface area contributed by atoms with Gasteiger partial charge in [-0.15, -0.1) is 0 Å². The third kappa shape index (κ3) is 6.61. The molecule has 0 saturated carbocycles. The fourth-order valence-corrected chi connectivity index (χ4v) is 5.80. The molecule has 2 rings (SSSR count). The van der Waals surface area contributed by atoms with E-state index in [0.717, 1.165) is 6.42 Å². The minimum atomic E-state index is 0. The van der Waals surface area contributed by atoms with Crippen LogP contribution in [0.15, 0.2) is 44.9 Å². The Balaban J connectivity index is 0.00000288. The molecule has 0 aromatic rings. The van der Waals surface area contributed by atoms with Crippen LogP contribution >= 0.6 is 11.8 Å². The Kier molecular flexibility index (Phi) is 11.1. The number of hydrogen-bond acceptors (Lipinski definition) is 1. The van der Waals surface area contributed by atoms with Gasteiger partial charge in [0.25, 0.3) is 0 Å². The summed E-state index contributed by atoms with van der Waals surface area (Å²) in [5.74, 6) is 1.27. The largest absolute Gasteiger partial charge is 1.00 e. The predicted molar refractivity (Wildman–Crippen MR) is 101 cm³/mol. The second-order valence-corrected chi connectivity index (χ2v) is 10.4. The number of rotatable bonds is 6. The van der Waals surface area contributed by atoms with E-state index in [1.54, 1.807) is 15.0 Å². The Hall–Kier alpha value is 0.604. The molecule has 2 aliphatic carbocycles. The van der Waals surface area contributed by atoms with Crippen molar-refractivity contribution in [3.05, 3.63) is 44.9 Å². The predicted octanol–water partition coefficient (Wildman–Crippen LogP) is 0.740. The summed E-state index contributed by atoms with van der Waals surface area (Å²) in [5, 5.41) is 0. The third-order valence-corrected chi connectivity index (χ3v) is 7.20. The van der Waals surface area contributed by atoms with Gasteiger partial charge in [-0.3, -0.25) is 0 Å². The molecule has 0 radical (unpaired) electrons. The monoisotopic (exact) mass is 433 g/mol. The maximum atomic E-state index is 2.48. The number of hydrogen-bond donors (Lipinski definition) is 0. The Morgan fingerprint density at radius 2 is 1.92 bits per heavy atom. The summed E-state index contributed by atoms with van der Waals surface area (Å²) in [6.45, 7) is 11.7. The van der Waals surface area contributed by atoms with Crippen molar-refractivity contribution in [3.8, 4) is 0 Å². The van der Waals surface area contributed by atoms with Crippen molar-refractivity contribution >= 4 is 11.8 Å². The molecule has 0 nitrogen and oxygen atoms in total. The molecule has 0 saturated heterocycles. The molecule has 0 amide bonds. The van der Waals surface area contributed by atoms with Gasteiger partial charge in [-0.05, 0) is 0 Å². The van der Waals surface area contributed by atoms with E-state index in [9.17, 15) is 0 Å². The second-order valence-electron chi connectivity index (χ2n) is 7.94. The van der Waals surface area contributed by atoms with Gasteiger partial charge in [0.15, 0.2) is 0 Å². The molecule has 1 unspecified atom stereocenters. The fraction of sp³-hybridized carbons (Fsp3) is 0.619. The van der Waals surface area contributed by atoms with Crippen LogP contribution in [-0.4, -0.2) is 10.5 Å². The van der Waals surface area contributed by atoms with Crippen LogP contribution in [0.3, 0.4) is 0 Å². The molecular weight excluding hydrogens is 403 g/mol. The first-order valence-corrected chi connectivity index (χ1v) is 10.7. The van der Waals surface area contributed by atoms with Crippen molar-refractivity contribution in [1.29, 1.82) is 0 Å². The van der Waals surface area contributed by atoms with Crippen molar-refractivity contribution in [2.75, 3.05) is 5.75 Å². The van der Waals surface area contributed by atoms with Gasteiger partial charge < -0.3 is 24.8 Å². The minimum absolute atomic E-state index is 0. The van der Waals surface area contributed by atoms with Crippen LogP contribution in [0.5, 0.6) is 0 Å². The summed E-state index contributed by atoms with van der Waals surface area (Å²) in [6.07, 6.45) is 15.8. The van der Waals surface area contributed by atoms with E-state index in [0.29, 0.717) is 0 Å². The SMILES string of the molecule is CCCCSC1(CC2=[C]([Ti+2])CC=C2)CC=C(C)C=C1C(C)(C)C.[Cl-].[Cl-]. The molecule has 25 heavy (non-hydrogen) atoms. The zero-order chi connectivity index (χ0) is 17.1. The van der Waals surface area contributed by atoms with Crippen molar-refractivity contribution in [2.45, 2.75) is 71.5 Å². The first kappa shape index (κ1) is 25.6. The molecular formula is C21H31Cl2STi. The van der Waals surface area contributed by atoms with Gasteiger partial charge in [0, 0.05) is 0 Å². The quantitative estimate of drug-likeness (QED) is 0.439. The molecule has 0 bridgehead atoms. The summed E-state index contributed by atoms with van der Waals surface area (Å²) < 4.78 is 1.82.